The van der Waals surface area contributed by atoms with Crippen LogP contribution in [-0.4, -0.2) is 14.0 Å². The van der Waals surface area contributed by atoms with E-state index in [9.17, 15) is 4.79 Å². The normalized spacial score (nSPS) is 12.1. The second-order valence-electron chi connectivity index (χ2n) is 9.74. The summed E-state index contributed by atoms with van der Waals surface area (Å²) < 4.78 is 3.04. The van der Waals surface area contributed by atoms with Gasteiger partial charge in [-0.3, -0.25) is 9.36 Å². The molecule has 1 atom stereocenters. The van der Waals surface area contributed by atoms with Crippen LogP contribution in [0.2, 0.25) is 0 Å². The molecule has 37 heavy (non-hydrogen) atoms. The molecule has 4 rings (SSSR count). The minimum absolute atomic E-state index is 0.113. The van der Waals surface area contributed by atoms with Gasteiger partial charge in [0, 0.05) is 9.99 Å². The zero-order chi connectivity index (χ0) is 26.0. The summed E-state index contributed by atoms with van der Waals surface area (Å²) >= 11 is 2.50. The lowest BCUT2D eigenvalue weighted by Gasteiger charge is -2.25. The van der Waals surface area contributed by atoms with Gasteiger partial charge in [0.1, 0.15) is 5.82 Å². The Hall–Kier alpha value is -2.73. The van der Waals surface area contributed by atoms with E-state index >= 15 is 0 Å². The number of rotatable bonds is 12. The first kappa shape index (κ1) is 27.3. The van der Waals surface area contributed by atoms with Gasteiger partial charge in [-0.15, -0.1) is 0 Å². The van der Waals surface area contributed by atoms with E-state index in [4.69, 9.17) is 4.98 Å². The molecule has 3 aromatic carbocycles. The molecule has 1 aromatic heterocycles. The van der Waals surface area contributed by atoms with Crippen molar-refractivity contribution in [3.63, 3.8) is 0 Å². The monoisotopic (exact) mass is 604 g/mol. The number of aryl methyl sites for hydroxylation is 2. The highest BCUT2D eigenvalue weighted by molar-refractivity contribution is 14.1. The van der Waals surface area contributed by atoms with Gasteiger partial charge in [-0.25, -0.2) is 4.98 Å². The number of unbranched alkanes of at least 4 members (excludes halogenated alkanes) is 1. The quantitative estimate of drug-likeness (QED) is 0.0932. The van der Waals surface area contributed by atoms with Crippen molar-refractivity contribution in [3.05, 3.63) is 135 Å². The topological polar surface area (TPSA) is 34.9 Å². The van der Waals surface area contributed by atoms with E-state index < -0.39 is 0 Å². The number of aromatic nitrogens is 2. The molecule has 0 fully saturated rings. The summed E-state index contributed by atoms with van der Waals surface area (Å²) in [5.74, 6) is 1.34. The van der Waals surface area contributed by atoms with E-state index in [-0.39, 0.29) is 11.6 Å². The molecule has 0 aliphatic rings. The third-order valence-electron chi connectivity index (χ3n) is 7.13. The highest BCUT2D eigenvalue weighted by Crippen LogP contribution is 2.28. The molecule has 0 saturated carbocycles. The van der Waals surface area contributed by atoms with E-state index in [1.165, 1.54) is 5.56 Å². The highest BCUT2D eigenvalue weighted by atomic mass is 127. The smallest absolute Gasteiger partial charge is 0.257 e. The fourth-order valence-corrected chi connectivity index (χ4v) is 6.19. The minimum atomic E-state index is -0.196. The van der Waals surface area contributed by atoms with Crippen LogP contribution in [0.4, 0.5) is 0 Å². The third-order valence-corrected chi connectivity index (χ3v) is 8.20. The summed E-state index contributed by atoms with van der Waals surface area (Å²) in [6, 6.07) is 31.3. The summed E-state index contributed by atoms with van der Waals surface area (Å²) in [5.41, 5.74) is 5.61. The van der Waals surface area contributed by atoms with E-state index in [1.54, 1.807) is 0 Å². The van der Waals surface area contributed by atoms with Crippen molar-refractivity contribution in [2.24, 2.45) is 0 Å². The molecule has 0 N–H and O–H groups in total. The number of halogens is 1. The Labute approximate surface area is 235 Å². The Morgan fingerprint density at radius 2 is 1.32 bits per heavy atom. The average molecular weight is 605 g/mol. The van der Waals surface area contributed by atoms with Crippen LogP contribution in [-0.2, 0) is 12.8 Å². The molecule has 0 spiro atoms. The number of hydrogen-bond acceptors (Lipinski definition) is 2. The lowest BCUT2D eigenvalue weighted by atomic mass is 9.94. The average Bonchev–Trinajstić information content (AvgIpc) is 2.94. The van der Waals surface area contributed by atoms with Crippen molar-refractivity contribution >= 4 is 22.6 Å². The first-order chi connectivity index (χ1) is 18.1. The lowest BCUT2D eigenvalue weighted by molar-refractivity contribution is 0.576. The maximum Gasteiger partial charge on any atom is 0.257 e. The summed E-state index contributed by atoms with van der Waals surface area (Å²) in [6.45, 7) is 4.14. The molecule has 0 aliphatic heterocycles. The van der Waals surface area contributed by atoms with E-state index in [2.05, 4.69) is 84.1 Å². The summed E-state index contributed by atoms with van der Waals surface area (Å²) in [7, 11) is 0. The van der Waals surface area contributed by atoms with Crippen molar-refractivity contribution in [1.29, 1.82) is 0 Å². The number of alkyl halides is 1. The molecule has 1 unspecified atom stereocenters. The summed E-state index contributed by atoms with van der Waals surface area (Å²) in [4.78, 5) is 19.2. The standard InChI is InChI=1S/C33H37IN2O/c1-3-15-31-30(23-14-13-22-29(24-34)26-16-7-4-8-17-26)33(37)36(25(2)35-31)32(27-18-9-5-10-19-27)28-20-11-6-12-21-28/h4-12,16-21,29,32H,3,13-15,22-24H2,1-2H3. The molecule has 0 aliphatic carbocycles. The van der Waals surface area contributed by atoms with Crippen LogP contribution in [0, 0.1) is 6.92 Å². The zero-order valence-corrected chi connectivity index (χ0v) is 24.1. The van der Waals surface area contributed by atoms with Crippen molar-refractivity contribution in [2.45, 2.75) is 64.3 Å². The first-order valence-electron chi connectivity index (χ1n) is 13.5. The van der Waals surface area contributed by atoms with Crippen molar-refractivity contribution in [3.8, 4) is 0 Å². The van der Waals surface area contributed by atoms with Crippen LogP contribution in [0.15, 0.2) is 95.8 Å². The first-order valence-corrected chi connectivity index (χ1v) is 15.0. The molecule has 1 heterocycles. The van der Waals surface area contributed by atoms with Gasteiger partial charge in [-0.2, -0.15) is 0 Å². The molecule has 0 saturated heterocycles. The van der Waals surface area contributed by atoms with Crippen molar-refractivity contribution < 1.29 is 0 Å². The fraction of sp³-hybridized carbons (Fsp3) is 0.333. The summed E-state index contributed by atoms with van der Waals surface area (Å²) in [5, 5.41) is 0. The predicted molar refractivity (Wildman–Crippen MR) is 163 cm³/mol. The summed E-state index contributed by atoms with van der Waals surface area (Å²) in [6.07, 6.45) is 5.84. The second kappa shape index (κ2) is 13.7. The van der Waals surface area contributed by atoms with E-state index in [1.807, 2.05) is 47.9 Å². The van der Waals surface area contributed by atoms with Gasteiger partial charge in [0.15, 0.2) is 0 Å². The van der Waals surface area contributed by atoms with Crippen LogP contribution >= 0.6 is 22.6 Å². The molecule has 0 bridgehead atoms. The van der Waals surface area contributed by atoms with Gasteiger partial charge < -0.3 is 0 Å². The zero-order valence-electron chi connectivity index (χ0n) is 21.9. The van der Waals surface area contributed by atoms with Crippen molar-refractivity contribution in [2.75, 3.05) is 4.43 Å². The molecule has 192 valence electrons. The molecule has 3 nitrogen and oxygen atoms in total. The third kappa shape index (κ3) is 6.78. The van der Waals surface area contributed by atoms with Gasteiger partial charge in [0.05, 0.1) is 11.7 Å². The van der Waals surface area contributed by atoms with Crippen LogP contribution in [0.1, 0.15) is 78.3 Å². The Morgan fingerprint density at radius 3 is 1.84 bits per heavy atom. The second-order valence-corrected chi connectivity index (χ2v) is 10.6. The van der Waals surface area contributed by atoms with E-state index in [0.717, 1.165) is 71.2 Å². The SMILES string of the molecule is CCCc1nc(C)n(C(c2ccccc2)c2ccccc2)c(=O)c1CCCCC(CI)c1ccccc1. The fourth-order valence-electron chi connectivity index (χ4n) is 5.24. The Morgan fingerprint density at radius 1 is 0.784 bits per heavy atom. The van der Waals surface area contributed by atoms with Gasteiger partial charge in [-0.1, -0.05) is 133 Å². The predicted octanol–water partition coefficient (Wildman–Crippen LogP) is 8.07. The van der Waals surface area contributed by atoms with Gasteiger partial charge in [0.25, 0.3) is 5.56 Å². The molecular weight excluding hydrogens is 567 g/mol. The Kier molecular flexibility index (Phi) is 10.1. The van der Waals surface area contributed by atoms with Gasteiger partial charge >= 0.3 is 0 Å². The number of nitrogens with zero attached hydrogens (tertiary/aromatic N) is 2. The Bertz CT molecular complexity index is 1260. The molecule has 4 heteroatoms. The molecule has 0 radical (unpaired) electrons. The molecule has 0 amide bonds. The number of benzene rings is 3. The maximum atomic E-state index is 14.2. The number of hydrogen-bond donors (Lipinski definition) is 0. The van der Waals surface area contributed by atoms with Crippen LogP contribution in [0.25, 0.3) is 0 Å². The van der Waals surface area contributed by atoms with Crippen LogP contribution in [0.5, 0.6) is 0 Å². The maximum absolute atomic E-state index is 14.2. The minimum Gasteiger partial charge on any atom is -0.285 e. The highest BCUT2D eigenvalue weighted by Gasteiger charge is 2.23. The van der Waals surface area contributed by atoms with E-state index in [0.29, 0.717) is 5.92 Å². The lowest BCUT2D eigenvalue weighted by Crippen LogP contribution is -2.33. The van der Waals surface area contributed by atoms with Crippen molar-refractivity contribution in [1.82, 2.24) is 9.55 Å². The largest absolute Gasteiger partial charge is 0.285 e. The van der Waals surface area contributed by atoms with Crippen LogP contribution in [0.3, 0.4) is 0 Å². The van der Waals surface area contributed by atoms with Crippen LogP contribution < -0.4 is 5.56 Å². The molecule has 4 aromatic rings. The van der Waals surface area contributed by atoms with Gasteiger partial charge in [-0.05, 0) is 55.2 Å². The molecular formula is C33H37IN2O. The Balaban J connectivity index is 1.64. The van der Waals surface area contributed by atoms with Gasteiger partial charge in [0.2, 0.25) is 0 Å².